The molecule has 13 heavy (non-hydrogen) atoms. The van der Waals surface area contributed by atoms with E-state index in [2.05, 4.69) is 25.7 Å². The molecule has 0 saturated carbocycles. The number of ether oxygens (including phenoxy) is 2. The van der Waals surface area contributed by atoms with Gasteiger partial charge in [-0.3, -0.25) is 4.90 Å². The maximum absolute atomic E-state index is 5.66. The Morgan fingerprint density at radius 1 is 1.00 bits per heavy atom. The molecule has 2 atom stereocenters. The lowest BCUT2D eigenvalue weighted by Crippen LogP contribution is -2.40. The van der Waals surface area contributed by atoms with Gasteiger partial charge in [-0.05, 0) is 20.8 Å². The highest BCUT2D eigenvalue weighted by molar-refractivity contribution is 4.93. The molecule has 0 amide bonds. The first-order valence-corrected chi connectivity index (χ1v) is 5.05. The van der Waals surface area contributed by atoms with Crippen molar-refractivity contribution in [3.8, 4) is 0 Å². The molecular formula is C10H19NO2. The van der Waals surface area contributed by atoms with Crippen molar-refractivity contribution in [2.45, 2.75) is 38.5 Å². The van der Waals surface area contributed by atoms with E-state index in [-0.39, 0.29) is 5.54 Å². The lowest BCUT2D eigenvalue weighted by molar-refractivity contribution is -0.116. The first kappa shape index (κ1) is 9.44. The van der Waals surface area contributed by atoms with Crippen LogP contribution in [-0.4, -0.2) is 49.0 Å². The molecule has 0 aromatic heterocycles. The molecule has 0 bridgehead atoms. The normalized spacial score (nSPS) is 36.2. The second kappa shape index (κ2) is 3.23. The van der Waals surface area contributed by atoms with Crippen molar-refractivity contribution in [3.05, 3.63) is 0 Å². The smallest absolute Gasteiger partial charge is 0.0977 e. The summed E-state index contributed by atoms with van der Waals surface area (Å²) in [5.74, 6) is 0. The van der Waals surface area contributed by atoms with E-state index in [1.165, 1.54) is 0 Å². The largest absolute Gasteiger partial charge is 0.372 e. The van der Waals surface area contributed by atoms with Crippen LogP contribution in [0.2, 0.25) is 0 Å². The minimum atomic E-state index is 0.240. The zero-order chi connectivity index (χ0) is 9.47. The predicted molar refractivity (Wildman–Crippen MR) is 50.8 cm³/mol. The monoisotopic (exact) mass is 185 g/mol. The summed E-state index contributed by atoms with van der Waals surface area (Å²) in [6.45, 7) is 10.3. The molecule has 2 aliphatic heterocycles. The van der Waals surface area contributed by atoms with Gasteiger partial charge in [-0.1, -0.05) is 0 Å². The van der Waals surface area contributed by atoms with Gasteiger partial charge in [0, 0.05) is 18.6 Å². The Morgan fingerprint density at radius 2 is 1.46 bits per heavy atom. The van der Waals surface area contributed by atoms with E-state index in [4.69, 9.17) is 9.47 Å². The second-order valence-electron chi connectivity index (χ2n) is 4.89. The van der Waals surface area contributed by atoms with E-state index in [1.54, 1.807) is 0 Å². The van der Waals surface area contributed by atoms with Crippen molar-refractivity contribution in [1.29, 1.82) is 0 Å². The molecule has 0 N–H and O–H groups in total. The number of nitrogens with zero attached hydrogens (tertiary/aromatic N) is 1. The lowest BCUT2D eigenvalue weighted by Gasteiger charge is -2.31. The topological polar surface area (TPSA) is 21.7 Å². The fraction of sp³-hybridized carbons (Fsp3) is 1.00. The van der Waals surface area contributed by atoms with Gasteiger partial charge in [0.15, 0.2) is 0 Å². The van der Waals surface area contributed by atoms with Gasteiger partial charge in [0.05, 0.1) is 25.4 Å². The number of hydrogen-bond acceptors (Lipinski definition) is 3. The number of rotatable bonds is 0. The van der Waals surface area contributed by atoms with E-state index in [0.29, 0.717) is 12.2 Å². The van der Waals surface area contributed by atoms with E-state index in [9.17, 15) is 0 Å². The van der Waals surface area contributed by atoms with Crippen LogP contribution in [0.4, 0.5) is 0 Å². The molecule has 2 rings (SSSR count). The van der Waals surface area contributed by atoms with Crippen LogP contribution in [0.3, 0.4) is 0 Å². The Kier molecular flexibility index (Phi) is 2.34. The third-order valence-corrected chi connectivity index (χ3v) is 2.91. The first-order chi connectivity index (χ1) is 6.07. The second-order valence-corrected chi connectivity index (χ2v) is 4.89. The highest BCUT2D eigenvalue weighted by atomic mass is 16.6. The summed E-state index contributed by atoms with van der Waals surface area (Å²) in [7, 11) is 0. The highest BCUT2D eigenvalue weighted by Gasteiger charge is 2.40. The quantitative estimate of drug-likeness (QED) is 0.559. The zero-order valence-electron chi connectivity index (χ0n) is 8.75. The Hall–Kier alpha value is -0.120. The van der Waals surface area contributed by atoms with E-state index < -0.39 is 0 Å². The van der Waals surface area contributed by atoms with Crippen LogP contribution >= 0.6 is 0 Å². The van der Waals surface area contributed by atoms with Gasteiger partial charge in [-0.25, -0.2) is 0 Å². The molecule has 2 heterocycles. The van der Waals surface area contributed by atoms with Crippen LogP contribution in [0.25, 0.3) is 0 Å². The standard InChI is InChI=1S/C10H19NO2/c1-10(2,3)11-6-8-9(7-11)13-5-4-12-8/h8-9H,4-7H2,1-3H3/t8-,9-/m0/s1. The zero-order valence-corrected chi connectivity index (χ0v) is 8.75. The molecule has 0 aromatic rings. The van der Waals surface area contributed by atoms with Crippen molar-refractivity contribution in [2.24, 2.45) is 0 Å². The summed E-state index contributed by atoms with van der Waals surface area (Å²) < 4.78 is 11.3. The van der Waals surface area contributed by atoms with Crippen molar-refractivity contribution >= 4 is 0 Å². The van der Waals surface area contributed by atoms with Gasteiger partial charge in [-0.15, -0.1) is 0 Å². The number of likely N-dealkylation sites (tertiary alicyclic amines) is 1. The molecule has 2 fully saturated rings. The maximum atomic E-state index is 5.66. The summed E-state index contributed by atoms with van der Waals surface area (Å²) in [5, 5.41) is 0. The summed E-state index contributed by atoms with van der Waals surface area (Å²) in [4.78, 5) is 2.44. The van der Waals surface area contributed by atoms with Gasteiger partial charge < -0.3 is 9.47 Å². The molecule has 0 unspecified atom stereocenters. The first-order valence-electron chi connectivity index (χ1n) is 5.05. The van der Waals surface area contributed by atoms with Crippen molar-refractivity contribution in [1.82, 2.24) is 4.90 Å². The summed E-state index contributed by atoms with van der Waals surface area (Å²) >= 11 is 0. The number of hydrogen-bond donors (Lipinski definition) is 0. The summed E-state index contributed by atoms with van der Waals surface area (Å²) in [6, 6.07) is 0. The van der Waals surface area contributed by atoms with Crippen LogP contribution in [0.15, 0.2) is 0 Å². The molecule has 0 spiro atoms. The van der Waals surface area contributed by atoms with E-state index in [0.717, 1.165) is 26.3 Å². The fourth-order valence-electron chi connectivity index (χ4n) is 2.01. The Balaban J connectivity index is 1.99. The average Bonchev–Trinajstić information content (AvgIpc) is 2.45. The third kappa shape index (κ3) is 1.87. The van der Waals surface area contributed by atoms with E-state index >= 15 is 0 Å². The van der Waals surface area contributed by atoms with Crippen molar-refractivity contribution < 1.29 is 9.47 Å². The van der Waals surface area contributed by atoms with Crippen molar-refractivity contribution in [3.63, 3.8) is 0 Å². The van der Waals surface area contributed by atoms with Crippen LogP contribution in [0, 0.1) is 0 Å². The van der Waals surface area contributed by atoms with Gasteiger partial charge in [-0.2, -0.15) is 0 Å². The van der Waals surface area contributed by atoms with Crippen LogP contribution in [0.5, 0.6) is 0 Å². The van der Waals surface area contributed by atoms with Crippen LogP contribution < -0.4 is 0 Å². The van der Waals surface area contributed by atoms with Crippen molar-refractivity contribution in [2.75, 3.05) is 26.3 Å². The Labute approximate surface area is 80.0 Å². The molecule has 0 radical (unpaired) electrons. The average molecular weight is 185 g/mol. The molecule has 2 saturated heterocycles. The summed E-state index contributed by atoms with van der Waals surface area (Å²) in [6.07, 6.45) is 0.626. The minimum absolute atomic E-state index is 0.240. The van der Waals surface area contributed by atoms with Crippen LogP contribution in [0.1, 0.15) is 20.8 Å². The minimum Gasteiger partial charge on any atom is -0.372 e. The molecule has 3 heteroatoms. The van der Waals surface area contributed by atoms with E-state index in [1.807, 2.05) is 0 Å². The third-order valence-electron chi connectivity index (χ3n) is 2.91. The molecule has 0 aliphatic carbocycles. The molecule has 2 aliphatic rings. The number of fused-ring (bicyclic) bond motifs is 1. The highest BCUT2D eigenvalue weighted by Crippen LogP contribution is 2.26. The summed E-state index contributed by atoms with van der Waals surface area (Å²) in [5.41, 5.74) is 0.240. The Bertz CT molecular complexity index is 174. The molecule has 76 valence electrons. The predicted octanol–water partition coefficient (Wildman–Crippen LogP) is 0.884. The lowest BCUT2D eigenvalue weighted by atomic mass is 10.1. The molecular weight excluding hydrogens is 166 g/mol. The maximum Gasteiger partial charge on any atom is 0.0977 e. The van der Waals surface area contributed by atoms with Crippen LogP contribution in [-0.2, 0) is 9.47 Å². The Morgan fingerprint density at radius 3 is 1.85 bits per heavy atom. The molecule has 0 aromatic carbocycles. The molecule has 3 nitrogen and oxygen atoms in total. The van der Waals surface area contributed by atoms with Gasteiger partial charge in [0.25, 0.3) is 0 Å². The fourth-order valence-corrected chi connectivity index (χ4v) is 2.01. The van der Waals surface area contributed by atoms with Gasteiger partial charge in [0.2, 0.25) is 0 Å². The van der Waals surface area contributed by atoms with Gasteiger partial charge in [0.1, 0.15) is 0 Å². The van der Waals surface area contributed by atoms with Gasteiger partial charge >= 0.3 is 0 Å². The SMILES string of the molecule is CC(C)(C)N1C[C@@H]2OCCO[C@H]2C1.